The van der Waals surface area contributed by atoms with Crippen molar-refractivity contribution in [2.24, 2.45) is 0 Å². The smallest absolute Gasteiger partial charge is 0.209 e. The van der Waals surface area contributed by atoms with Crippen molar-refractivity contribution in [3.8, 4) is 0 Å². The zero-order chi connectivity index (χ0) is 15.9. The Bertz CT molecular complexity index is 854. The maximum Gasteiger partial charge on any atom is 0.209 e. The van der Waals surface area contributed by atoms with Crippen LogP contribution in [-0.4, -0.2) is 10.2 Å². The van der Waals surface area contributed by atoms with E-state index in [1.807, 2.05) is 37.3 Å². The van der Waals surface area contributed by atoms with Gasteiger partial charge in [-0.25, -0.2) is 0 Å². The molecule has 0 bridgehead atoms. The number of nitrogens with zero attached hydrogens (tertiary/aromatic N) is 1. The summed E-state index contributed by atoms with van der Waals surface area (Å²) in [4.78, 5) is 12.9. The third-order valence-corrected chi connectivity index (χ3v) is 4.19. The topological polar surface area (TPSA) is 21.5 Å². The number of hydrogen-bond acceptors (Lipinski definition) is 1. The monoisotopic (exact) mass is 291 g/mol. The number of ketones is 1. The third-order valence-electron chi connectivity index (χ3n) is 4.19. The van der Waals surface area contributed by atoms with E-state index in [0.29, 0.717) is 0 Å². The molecule has 0 spiro atoms. The number of rotatable bonds is 3. The van der Waals surface area contributed by atoms with Gasteiger partial charge in [0.05, 0.1) is 11.2 Å². The van der Waals surface area contributed by atoms with Gasteiger partial charge in [-0.05, 0) is 49.9 Å². The van der Waals surface area contributed by atoms with E-state index in [1.165, 1.54) is 22.2 Å². The Morgan fingerprint density at radius 2 is 1.68 bits per heavy atom. The Morgan fingerprint density at radius 1 is 1.00 bits per heavy atom. The number of aromatic nitrogens is 1. The van der Waals surface area contributed by atoms with E-state index < -0.39 is 0 Å². The van der Waals surface area contributed by atoms with Gasteiger partial charge in [0.25, 0.3) is 0 Å². The number of carbonyl (C=O) groups excluding carboxylic acids is 1. The highest BCUT2D eigenvalue weighted by molar-refractivity contribution is 6.09. The first-order chi connectivity index (χ1) is 10.5. The highest BCUT2D eigenvalue weighted by Gasteiger charge is 2.17. The van der Waals surface area contributed by atoms with E-state index in [2.05, 4.69) is 37.4 Å². The molecule has 22 heavy (non-hydrogen) atoms. The van der Waals surface area contributed by atoms with Gasteiger partial charge in [0, 0.05) is 11.8 Å². The highest BCUT2D eigenvalue weighted by atomic mass is 16.1. The minimum Gasteiger partial charge on any atom is -0.313 e. The molecule has 1 aromatic carbocycles. The van der Waals surface area contributed by atoms with Crippen molar-refractivity contribution in [1.82, 2.24) is 4.40 Å². The lowest BCUT2D eigenvalue weighted by Gasteiger charge is -2.07. The Labute approximate surface area is 131 Å². The maximum absolute atomic E-state index is 12.9. The van der Waals surface area contributed by atoms with Gasteiger partial charge >= 0.3 is 0 Å². The minimum absolute atomic E-state index is 0.0831. The van der Waals surface area contributed by atoms with Crippen molar-refractivity contribution in [3.63, 3.8) is 0 Å². The summed E-state index contributed by atoms with van der Waals surface area (Å²) >= 11 is 0. The maximum atomic E-state index is 12.9. The van der Waals surface area contributed by atoms with Crippen molar-refractivity contribution in [1.29, 1.82) is 0 Å². The lowest BCUT2D eigenvalue weighted by Crippen LogP contribution is -2.05. The SMILES string of the molecule is CCc1cc(C(=O)c2ccc(C)cc2)n2cc(C)cc(C)c12. The summed E-state index contributed by atoms with van der Waals surface area (Å²) < 4.78 is 2.06. The first-order valence-corrected chi connectivity index (χ1v) is 7.73. The van der Waals surface area contributed by atoms with Crippen LogP contribution in [0, 0.1) is 20.8 Å². The van der Waals surface area contributed by atoms with Gasteiger partial charge in [-0.15, -0.1) is 0 Å². The van der Waals surface area contributed by atoms with Crippen LogP contribution in [-0.2, 0) is 6.42 Å². The molecule has 0 amide bonds. The molecule has 0 N–H and O–H groups in total. The largest absolute Gasteiger partial charge is 0.313 e. The van der Waals surface area contributed by atoms with Crippen molar-refractivity contribution >= 4 is 11.3 Å². The second kappa shape index (κ2) is 5.45. The molecule has 0 unspecified atom stereocenters. The van der Waals surface area contributed by atoms with Crippen molar-refractivity contribution < 1.29 is 4.79 Å². The second-order valence-corrected chi connectivity index (χ2v) is 6.02. The molecule has 0 saturated heterocycles. The summed E-state index contributed by atoms with van der Waals surface area (Å²) in [6.07, 6.45) is 2.98. The van der Waals surface area contributed by atoms with Crippen molar-refractivity contribution in [2.75, 3.05) is 0 Å². The van der Waals surface area contributed by atoms with Crippen molar-refractivity contribution in [3.05, 3.63) is 76.1 Å². The van der Waals surface area contributed by atoms with E-state index in [-0.39, 0.29) is 5.78 Å². The van der Waals surface area contributed by atoms with Gasteiger partial charge in [0.15, 0.2) is 0 Å². The molecule has 0 fully saturated rings. The first kappa shape index (κ1) is 14.6. The fourth-order valence-electron chi connectivity index (χ4n) is 3.10. The molecule has 2 nitrogen and oxygen atoms in total. The number of fused-ring (bicyclic) bond motifs is 1. The van der Waals surface area contributed by atoms with Gasteiger partial charge in [0.2, 0.25) is 5.78 Å². The quantitative estimate of drug-likeness (QED) is 0.643. The first-order valence-electron chi connectivity index (χ1n) is 7.73. The van der Waals surface area contributed by atoms with E-state index >= 15 is 0 Å². The number of hydrogen-bond donors (Lipinski definition) is 0. The molecule has 0 aliphatic heterocycles. The van der Waals surface area contributed by atoms with Crippen LogP contribution < -0.4 is 0 Å². The molecule has 0 saturated carbocycles. The number of aryl methyl sites for hydroxylation is 4. The molecule has 2 aromatic heterocycles. The summed E-state index contributed by atoms with van der Waals surface area (Å²) in [5.74, 6) is 0.0831. The fraction of sp³-hybridized carbons (Fsp3) is 0.250. The van der Waals surface area contributed by atoms with Gasteiger partial charge < -0.3 is 4.40 Å². The minimum atomic E-state index is 0.0831. The van der Waals surface area contributed by atoms with Crippen LogP contribution in [0.5, 0.6) is 0 Å². The average Bonchev–Trinajstić information content (AvgIpc) is 2.86. The van der Waals surface area contributed by atoms with Crippen LogP contribution >= 0.6 is 0 Å². The summed E-state index contributed by atoms with van der Waals surface area (Å²) in [6.45, 7) is 8.34. The Kier molecular flexibility index (Phi) is 3.61. The number of carbonyl (C=O) groups is 1. The van der Waals surface area contributed by atoms with Crippen LogP contribution in [0.25, 0.3) is 5.52 Å². The summed E-state index contributed by atoms with van der Waals surface area (Å²) in [7, 11) is 0. The Hall–Kier alpha value is -2.35. The molecule has 0 radical (unpaired) electrons. The zero-order valence-electron chi connectivity index (χ0n) is 13.6. The molecule has 3 aromatic rings. The average molecular weight is 291 g/mol. The molecule has 3 rings (SSSR count). The number of pyridine rings is 1. The predicted molar refractivity (Wildman–Crippen MR) is 90.9 cm³/mol. The second-order valence-electron chi connectivity index (χ2n) is 6.02. The molecule has 2 heteroatoms. The van der Waals surface area contributed by atoms with E-state index in [0.717, 1.165) is 23.2 Å². The predicted octanol–water partition coefficient (Wildman–Crippen LogP) is 4.66. The lowest BCUT2D eigenvalue weighted by molar-refractivity contribution is 0.103. The Balaban J connectivity index is 2.22. The van der Waals surface area contributed by atoms with Gasteiger partial charge in [-0.1, -0.05) is 42.8 Å². The van der Waals surface area contributed by atoms with E-state index in [1.54, 1.807) is 0 Å². The van der Waals surface area contributed by atoms with E-state index in [9.17, 15) is 4.79 Å². The normalized spacial score (nSPS) is 11.1. The lowest BCUT2D eigenvalue weighted by atomic mass is 10.1. The van der Waals surface area contributed by atoms with E-state index in [4.69, 9.17) is 0 Å². The van der Waals surface area contributed by atoms with Crippen LogP contribution in [0.4, 0.5) is 0 Å². The Morgan fingerprint density at radius 3 is 2.32 bits per heavy atom. The van der Waals surface area contributed by atoms with Crippen LogP contribution in [0.15, 0.2) is 42.6 Å². The molecule has 0 aliphatic carbocycles. The zero-order valence-corrected chi connectivity index (χ0v) is 13.6. The van der Waals surface area contributed by atoms with Crippen molar-refractivity contribution in [2.45, 2.75) is 34.1 Å². The van der Waals surface area contributed by atoms with Gasteiger partial charge in [-0.2, -0.15) is 0 Å². The molecular weight excluding hydrogens is 270 g/mol. The van der Waals surface area contributed by atoms with Crippen LogP contribution in [0.1, 0.15) is 45.2 Å². The van der Waals surface area contributed by atoms with Crippen LogP contribution in [0.2, 0.25) is 0 Å². The summed E-state index contributed by atoms with van der Waals surface area (Å²) in [6, 6.07) is 12.0. The fourth-order valence-corrected chi connectivity index (χ4v) is 3.10. The molecular formula is C20H21NO. The third kappa shape index (κ3) is 2.35. The number of benzene rings is 1. The van der Waals surface area contributed by atoms with Gasteiger partial charge in [-0.3, -0.25) is 4.79 Å². The molecule has 0 atom stereocenters. The van der Waals surface area contributed by atoms with Gasteiger partial charge in [0.1, 0.15) is 0 Å². The summed E-state index contributed by atoms with van der Waals surface area (Å²) in [5.41, 5.74) is 7.45. The summed E-state index contributed by atoms with van der Waals surface area (Å²) in [5, 5.41) is 0. The molecule has 112 valence electrons. The highest BCUT2D eigenvalue weighted by Crippen LogP contribution is 2.24. The molecule has 0 aliphatic rings. The standard InChI is InChI=1S/C20H21NO/c1-5-16-11-18(20(22)17-8-6-13(2)7-9-17)21-12-14(3)10-15(4)19(16)21/h6-12H,5H2,1-4H3. The molecule has 2 heterocycles. The van der Waals surface area contributed by atoms with Crippen LogP contribution in [0.3, 0.4) is 0 Å².